The van der Waals surface area contributed by atoms with Crippen LogP contribution in [0, 0.1) is 22.9 Å². The van der Waals surface area contributed by atoms with Crippen molar-refractivity contribution in [2.24, 2.45) is 0 Å². The SMILES string of the molecule is Cc1ccc(SCC(=O)Nc2cc([N+](=O)[O-])ccc2F)cc1. The van der Waals surface area contributed by atoms with E-state index in [4.69, 9.17) is 0 Å². The smallest absolute Gasteiger partial charge is 0.271 e. The molecular weight excluding hydrogens is 307 g/mol. The monoisotopic (exact) mass is 320 g/mol. The molecule has 0 aliphatic carbocycles. The van der Waals surface area contributed by atoms with Crippen molar-refractivity contribution in [1.82, 2.24) is 0 Å². The molecule has 2 rings (SSSR count). The molecule has 1 N–H and O–H groups in total. The summed E-state index contributed by atoms with van der Waals surface area (Å²) in [6.07, 6.45) is 0. The van der Waals surface area contributed by atoms with Crippen LogP contribution < -0.4 is 5.32 Å². The topological polar surface area (TPSA) is 72.2 Å². The van der Waals surface area contributed by atoms with E-state index >= 15 is 0 Å². The van der Waals surface area contributed by atoms with Crippen LogP contribution in [0.2, 0.25) is 0 Å². The molecule has 2 aromatic carbocycles. The van der Waals surface area contributed by atoms with Crippen molar-refractivity contribution < 1.29 is 14.1 Å². The molecule has 1 amide bonds. The van der Waals surface area contributed by atoms with Gasteiger partial charge >= 0.3 is 0 Å². The Morgan fingerprint density at radius 1 is 1.27 bits per heavy atom. The average molecular weight is 320 g/mol. The van der Waals surface area contributed by atoms with Gasteiger partial charge in [-0.3, -0.25) is 14.9 Å². The first-order valence-electron chi connectivity index (χ1n) is 6.39. The third-order valence-corrected chi connectivity index (χ3v) is 3.84. The standard InChI is InChI=1S/C15H13FN2O3S/c1-10-2-5-12(6-3-10)22-9-15(19)17-14-8-11(18(20)21)4-7-13(14)16/h2-8H,9H2,1H3,(H,17,19). The maximum absolute atomic E-state index is 13.6. The third-order valence-electron chi connectivity index (χ3n) is 2.83. The number of carbonyl (C=O) groups is 1. The summed E-state index contributed by atoms with van der Waals surface area (Å²) < 4.78 is 13.6. The van der Waals surface area contributed by atoms with Gasteiger partial charge in [-0.05, 0) is 25.1 Å². The van der Waals surface area contributed by atoms with Crippen LogP contribution in [0.1, 0.15) is 5.56 Å². The first-order valence-corrected chi connectivity index (χ1v) is 7.37. The summed E-state index contributed by atoms with van der Waals surface area (Å²) in [5, 5.41) is 13.0. The number of hydrogen-bond acceptors (Lipinski definition) is 4. The Morgan fingerprint density at radius 2 is 1.95 bits per heavy atom. The summed E-state index contributed by atoms with van der Waals surface area (Å²) in [5.74, 6) is -1.05. The Morgan fingerprint density at radius 3 is 2.59 bits per heavy atom. The number of benzene rings is 2. The van der Waals surface area contributed by atoms with Gasteiger partial charge in [0.1, 0.15) is 5.82 Å². The van der Waals surface area contributed by atoms with Crippen LogP contribution in [0.5, 0.6) is 0 Å². The zero-order valence-corrected chi connectivity index (χ0v) is 12.5. The summed E-state index contributed by atoms with van der Waals surface area (Å²) in [4.78, 5) is 22.7. The van der Waals surface area contributed by atoms with Gasteiger partial charge in [-0.2, -0.15) is 0 Å². The normalized spacial score (nSPS) is 10.3. The summed E-state index contributed by atoms with van der Waals surface area (Å²) in [7, 11) is 0. The van der Waals surface area contributed by atoms with Gasteiger partial charge in [0.15, 0.2) is 0 Å². The van der Waals surface area contributed by atoms with Crippen LogP contribution in [0.25, 0.3) is 0 Å². The second-order valence-corrected chi connectivity index (χ2v) is 5.62. The minimum atomic E-state index is -0.709. The van der Waals surface area contributed by atoms with Gasteiger partial charge < -0.3 is 5.32 Å². The molecule has 0 aromatic heterocycles. The fourth-order valence-electron chi connectivity index (χ4n) is 1.69. The molecule has 114 valence electrons. The molecule has 0 aliphatic rings. The van der Waals surface area contributed by atoms with Gasteiger partial charge in [-0.25, -0.2) is 4.39 Å². The predicted octanol–water partition coefficient (Wildman–Crippen LogP) is 3.77. The molecule has 0 unspecified atom stereocenters. The number of anilines is 1. The highest BCUT2D eigenvalue weighted by Crippen LogP contribution is 2.22. The van der Waals surface area contributed by atoms with Crippen molar-refractivity contribution in [3.63, 3.8) is 0 Å². The fourth-order valence-corrected chi connectivity index (χ4v) is 2.39. The average Bonchev–Trinajstić information content (AvgIpc) is 2.48. The highest BCUT2D eigenvalue weighted by molar-refractivity contribution is 8.00. The van der Waals surface area contributed by atoms with Crippen molar-refractivity contribution >= 4 is 29.0 Å². The summed E-state index contributed by atoms with van der Waals surface area (Å²) in [6.45, 7) is 1.96. The first kappa shape index (κ1) is 16.0. The lowest BCUT2D eigenvalue weighted by Gasteiger charge is -2.06. The number of hydrogen-bond donors (Lipinski definition) is 1. The number of nitrogens with one attached hydrogen (secondary N) is 1. The number of amides is 1. The maximum atomic E-state index is 13.6. The van der Waals surface area contributed by atoms with Crippen LogP contribution >= 0.6 is 11.8 Å². The Labute approximate surface area is 130 Å². The minimum Gasteiger partial charge on any atom is -0.323 e. The van der Waals surface area contributed by atoms with E-state index in [0.717, 1.165) is 28.7 Å². The molecule has 0 heterocycles. The quantitative estimate of drug-likeness (QED) is 0.517. The number of thioether (sulfide) groups is 1. The number of halogens is 1. The van der Waals surface area contributed by atoms with E-state index in [1.54, 1.807) is 0 Å². The zero-order valence-electron chi connectivity index (χ0n) is 11.7. The fraction of sp³-hybridized carbons (Fsp3) is 0.133. The van der Waals surface area contributed by atoms with Gasteiger partial charge in [0.05, 0.1) is 16.4 Å². The minimum absolute atomic E-state index is 0.0885. The predicted molar refractivity (Wildman–Crippen MR) is 83.6 cm³/mol. The van der Waals surface area contributed by atoms with Crippen molar-refractivity contribution in [2.75, 3.05) is 11.1 Å². The second-order valence-electron chi connectivity index (χ2n) is 4.57. The number of rotatable bonds is 5. The van der Waals surface area contributed by atoms with Gasteiger partial charge in [0, 0.05) is 17.0 Å². The van der Waals surface area contributed by atoms with Crippen LogP contribution in [0.3, 0.4) is 0 Å². The zero-order chi connectivity index (χ0) is 16.1. The van der Waals surface area contributed by atoms with Crippen molar-refractivity contribution in [1.29, 1.82) is 0 Å². The molecule has 0 saturated carbocycles. The van der Waals surface area contributed by atoms with E-state index in [2.05, 4.69) is 5.32 Å². The number of nitrogens with zero attached hydrogens (tertiary/aromatic N) is 1. The van der Waals surface area contributed by atoms with Crippen molar-refractivity contribution in [2.45, 2.75) is 11.8 Å². The van der Waals surface area contributed by atoms with Gasteiger partial charge in [-0.15, -0.1) is 11.8 Å². The molecule has 2 aromatic rings. The van der Waals surface area contributed by atoms with Gasteiger partial charge in [-0.1, -0.05) is 17.7 Å². The molecule has 0 aliphatic heterocycles. The van der Waals surface area contributed by atoms with E-state index in [-0.39, 0.29) is 17.1 Å². The molecule has 0 saturated heterocycles. The summed E-state index contributed by atoms with van der Waals surface area (Å²) >= 11 is 1.30. The van der Waals surface area contributed by atoms with E-state index in [1.165, 1.54) is 11.8 Å². The molecule has 0 atom stereocenters. The highest BCUT2D eigenvalue weighted by Gasteiger charge is 2.13. The molecule has 0 bridgehead atoms. The number of carbonyl (C=O) groups excluding carboxylic acids is 1. The van der Waals surface area contributed by atoms with E-state index in [1.807, 2.05) is 31.2 Å². The molecule has 7 heteroatoms. The van der Waals surface area contributed by atoms with Crippen LogP contribution in [-0.2, 0) is 4.79 Å². The number of nitro benzene ring substituents is 1. The summed E-state index contributed by atoms with van der Waals surface area (Å²) in [6, 6.07) is 10.7. The Bertz CT molecular complexity index is 704. The maximum Gasteiger partial charge on any atom is 0.271 e. The highest BCUT2D eigenvalue weighted by atomic mass is 32.2. The lowest BCUT2D eigenvalue weighted by atomic mass is 10.2. The van der Waals surface area contributed by atoms with Crippen molar-refractivity contribution in [3.05, 3.63) is 64.0 Å². The lowest BCUT2D eigenvalue weighted by Crippen LogP contribution is -2.15. The Hall–Kier alpha value is -2.41. The van der Waals surface area contributed by atoms with Gasteiger partial charge in [0.25, 0.3) is 5.69 Å². The number of non-ortho nitro benzene ring substituents is 1. The van der Waals surface area contributed by atoms with Crippen LogP contribution in [0.15, 0.2) is 47.4 Å². The van der Waals surface area contributed by atoms with Crippen molar-refractivity contribution in [3.8, 4) is 0 Å². The molecule has 5 nitrogen and oxygen atoms in total. The molecule has 0 radical (unpaired) electrons. The van der Waals surface area contributed by atoms with E-state index in [0.29, 0.717) is 0 Å². The van der Waals surface area contributed by atoms with Gasteiger partial charge in [0.2, 0.25) is 5.91 Å². The second kappa shape index (κ2) is 7.04. The first-order chi connectivity index (χ1) is 10.5. The van der Waals surface area contributed by atoms with E-state index < -0.39 is 16.6 Å². The van der Waals surface area contributed by atoms with Crippen LogP contribution in [-0.4, -0.2) is 16.6 Å². The van der Waals surface area contributed by atoms with Crippen LogP contribution in [0.4, 0.5) is 15.8 Å². The van der Waals surface area contributed by atoms with E-state index in [9.17, 15) is 19.3 Å². The molecule has 0 spiro atoms. The summed E-state index contributed by atoms with van der Waals surface area (Å²) in [5.41, 5.74) is 0.652. The molecule has 22 heavy (non-hydrogen) atoms. The number of aryl methyl sites for hydroxylation is 1. The molecule has 0 fully saturated rings. The largest absolute Gasteiger partial charge is 0.323 e. The Kier molecular flexibility index (Phi) is 5.11. The molecular formula is C15H13FN2O3S. The number of nitro groups is 1. The third kappa shape index (κ3) is 4.29. The lowest BCUT2D eigenvalue weighted by molar-refractivity contribution is -0.384. The Balaban J connectivity index is 1.98.